The van der Waals surface area contributed by atoms with Crippen LogP contribution in [0.15, 0.2) is 10.9 Å². The van der Waals surface area contributed by atoms with E-state index in [1.165, 1.54) is 6.07 Å². The van der Waals surface area contributed by atoms with Crippen molar-refractivity contribution in [3.63, 3.8) is 0 Å². The van der Waals surface area contributed by atoms with Gasteiger partial charge in [-0.2, -0.15) is 0 Å². The highest BCUT2D eigenvalue weighted by Gasteiger charge is 2.18. The summed E-state index contributed by atoms with van der Waals surface area (Å²) in [4.78, 5) is 26.5. The summed E-state index contributed by atoms with van der Waals surface area (Å²) >= 11 is 0. The third-order valence-corrected chi connectivity index (χ3v) is 2.85. The fourth-order valence-electron chi connectivity index (χ4n) is 2.01. The molecule has 16 heavy (non-hydrogen) atoms. The molecule has 1 N–H and O–H groups in total. The number of carbonyl (C=O) groups is 1. The second-order valence-electron chi connectivity index (χ2n) is 4.32. The quantitative estimate of drug-likeness (QED) is 0.788. The van der Waals surface area contributed by atoms with Gasteiger partial charge >= 0.3 is 5.97 Å². The van der Waals surface area contributed by atoms with E-state index in [1.54, 1.807) is 4.57 Å². The van der Waals surface area contributed by atoms with Crippen LogP contribution in [0.4, 0.5) is 0 Å². The normalized spacial score (nSPS) is 19.2. The SMILES string of the molecule is CC1CCn2c(nc(CC(=O)O)cc2=O)C1. The molecular formula is C11H14N2O3. The smallest absolute Gasteiger partial charge is 0.309 e. The Morgan fingerprint density at radius 2 is 2.44 bits per heavy atom. The van der Waals surface area contributed by atoms with E-state index in [1.807, 2.05) is 0 Å². The first-order chi connectivity index (χ1) is 7.56. The summed E-state index contributed by atoms with van der Waals surface area (Å²) in [5.74, 6) is 0.273. The van der Waals surface area contributed by atoms with Crippen LogP contribution in [0.2, 0.25) is 0 Å². The molecule has 5 heteroatoms. The Morgan fingerprint density at radius 3 is 3.12 bits per heavy atom. The van der Waals surface area contributed by atoms with E-state index in [4.69, 9.17) is 5.11 Å². The Labute approximate surface area is 92.7 Å². The van der Waals surface area contributed by atoms with Gasteiger partial charge in [0.05, 0.1) is 12.1 Å². The van der Waals surface area contributed by atoms with Crippen LogP contribution < -0.4 is 5.56 Å². The zero-order valence-corrected chi connectivity index (χ0v) is 9.14. The molecular weight excluding hydrogens is 208 g/mol. The van der Waals surface area contributed by atoms with Crippen molar-refractivity contribution in [1.82, 2.24) is 9.55 Å². The average Bonchev–Trinajstić information content (AvgIpc) is 2.15. The minimum absolute atomic E-state index is 0.131. The van der Waals surface area contributed by atoms with E-state index < -0.39 is 5.97 Å². The van der Waals surface area contributed by atoms with Crippen molar-refractivity contribution < 1.29 is 9.90 Å². The predicted octanol–water partition coefficient (Wildman–Crippen LogP) is 0.453. The van der Waals surface area contributed by atoms with Crippen molar-refractivity contribution in [2.45, 2.75) is 32.7 Å². The molecule has 1 aliphatic heterocycles. The summed E-state index contributed by atoms with van der Waals surface area (Å²) in [7, 11) is 0. The lowest BCUT2D eigenvalue weighted by atomic mass is 10.00. The summed E-state index contributed by atoms with van der Waals surface area (Å²) in [5, 5.41) is 8.67. The van der Waals surface area contributed by atoms with E-state index in [0.717, 1.165) is 18.7 Å². The van der Waals surface area contributed by atoms with Crippen LogP contribution in [-0.2, 0) is 24.2 Å². The lowest BCUT2D eigenvalue weighted by molar-refractivity contribution is -0.136. The van der Waals surface area contributed by atoms with Gasteiger partial charge in [-0.1, -0.05) is 6.92 Å². The molecule has 0 aliphatic carbocycles. The molecule has 5 nitrogen and oxygen atoms in total. The van der Waals surface area contributed by atoms with Crippen LogP contribution in [0.25, 0.3) is 0 Å². The van der Waals surface area contributed by atoms with Gasteiger partial charge in [-0.05, 0) is 12.3 Å². The Balaban J connectivity index is 2.39. The van der Waals surface area contributed by atoms with Gasteiger partial charge in [-0.15, -0.1) is 0 Å². The highest BCUT2D eigenvalue weighted by Crippen LogP contribution is 2.16. The number of hydrogen-bond donors (Lipinski definition) is 1. The van der Waals surface area contributed by atoms with Crippen molar-refractivity contribution in [2.24, 2.45) is 5.92 Å². The van der Waals surface area contributed by atoms with E-state index in [2.05, 4.69) is 11.9 Å². The Kier molecular flexibility index (Phi) is 2.77. The standard InChI is InChI=1S/C11H14N2O3/c1-7-2-3-13-9(4-7)12-8(5-10(13)14)6-11(15)16/h5,7H,2-4,6H2,1H3,(H,15,16). The van der Waals surface area contributed by atoms with E-state index in [0.29, 0.717) is 18.2 Å². The van der Waals surface area contributed by atoms with Gasteiger partial charge in [0.2, 0.25) is 0 Å². The van der Waals surface area contributed by atoms with Crippen LogP contribution in [0.3, 0.4) is 0 Å². The maximum atomic E-state index is 11.7. The summed E-state index contributed by atoms with van der Waals surface area (Å²) < 4.78 is 1.64. The monoisotopic (exact) mass is 222 g/mol. The predicted molar refractivity (Wildman–Crippen MR) is 57.3 cm³/mol. The molecule has 0 radical (unpaired) electrons. The van der Waals surface area contributed by atoms with Gasteiger partial charge in [-0.3, -0.25) is 14.2 Å². The molecule has 0 saturated heterocycles. The average molecular weight is 222 g/mol. The van der Waals surface area contributed by atoms with Crippen molar-refractivity contribution in [3.8, 4) is 0 Å². The van der Waals surface area contributed by atoms with E-state index >= 15 is 0 Å². The summed E-state index contributed by atoms with van der Waals surface area (Å²) in [6, 6.07) is 1.33. The van der Waals surface area contributed by atoms with Gasteiger partial charge in [0.1, 0.15) is 5.82 Å². The summed E-state index contributed by atoms with van der Waals surface area (Å²) in [6.07, 6.45) is 1.55. The number of aliphatic carboxylic acids is 1. The third kappa shape index (κ3) is 2.13. The number of hydrogen-bond acceptors (Lipinski definition) is 3. The van der Waals surface area contributed by atoms with Gasteiger partial charge in [0, 0.05) is 19.0 Å². The molecule has 1 atom stereocenters. The first-order valence-electron chi connectivity index (χ1n) is 5.37. The molecule has 2 heterocycles. The molecule has 1 aromatic rings. The molecule has 1 aliphatic rings. The Morgan fingerprint density at radius 1 is 1.69 bits per heavy atom. The van der Waals surface area contributed by atoms with Crippen molar-refractivity contribution in [2.75, 3.05) is 0 Å². The Hall–Kier alpha value is -1.65. The second kappa shape index (κ2) is 4.08. The molecule has 1 unspecified atom stereocenters. The molecule has 0 saturated carbocycles. The molecule has 0 amide bonds. The number of carboxylic acids is 1. The maximum absolute atomic E-state index is 11.7. The molecule has 0 spiro atoms. The highest BCUT2D eigenvalue weighted by molar-refractivity contribution is 5.69. The third-order valence-electron chi connectivity index (χ3n) is 2.85. The van der Waals surface area contributed by atoms with Crippen LogP contribution in [0, 0.1) is 5.92 Å². The number of aromatic nitrogens is 2. The number of carboxylic acid groups (broad SMARTS) is 1. The van der Waals surface area contributed by atoms with Crippen molar-refractivity contribution in [3.05, 3.63) is 27.9 Å². The first kappa shape index (κ1) is 10.9. The number of nitrogens with zero attached hydrogens (tertiary/aromatic N) is 2. The van der Waals surface area contributed by atoms with Crippen molar-refractivity contribution in [1.29, 1.82) is 0 Å². The molecule has 2 rings (SSSR count). The summed E-state index contributed by atoms with van der Waals surface area (Å²) in [5.41, 5.74) is 0.228. The second-order valence-corrected chi connectivity index (χ2v) is 4.32. The lowest BCUT2D eigenvalue weighted by Crippen LogP contribution is -2.31. The fraction of sp³-hybridized carbons (Fsp3) is 0.545. The maximum Gasteiger partial charge on any atom is 0.309 e. The zero-order chi connectivity index (χ0) is 11.7. The number of rotatable bonds is 2. The van der Waals surface area contributed by atoms with Gasteiger partial charge in [0.25, 0.3) is 5.56 Å². The molecule has 0 aromatic carbocycles. The molecule has 0 fully saturated rings. The fourth-order valence-corrected chi connectivity index (χ4v) is 2.01. The van der Waals surface area contributed by atoms with E-state index in [-0.39, 0.29) is 12.0 Å². The minimum Gasteiger partial charge on any atom is -0.481 e. The van der Waals surface area contributed by atoms with Gasteiger partial charge < -0.3 is 5.11 Å². The van der Waals surface area contributed by atoms with Gasteiger partial charge in [-0.25, -0.2) is 4.98 Å². The van der Waals surface area contributed by atoms with Crippen LogP contribution in [0.1, 0.15) is 24.9 Å². The van der Waals surface area contributed by atoms with Crippen molar-refractivity contribution >= 4 is 5.97 Å². The molecule has 86 valence electrons. The molecule has 1 aromatic heterocycles. The van der Waals surface area contributed by atoms with Crippen LogP contribution in [-0.4, -0.2) is 20.6 Å². The Bertz CT molecular complexity index is 479. The molecule has 0 bridgehead atoms. The van der Waals surface area contributed by atoms with E-state index in [9.17, 15) is 9.59 Å². The summed E-state index contributed by atoms with van der Waals surface area (Å²) in [6.45, 7) is 2.80. The highest BCUT2D eigenvalue weighted by atomic mass is 16.4. The first-order valence-corrected chi connectivity index (χ1v) is 5.37. The number of fused-ring (bicyclic) bond motifs is 1. The van der Waals surface area contributed by atoms with Gasteiger partial charge in [0.15, 0.2) is 0 Å². The zero-order valence-electron chi connectivity index (χ0n) is 9.14. The lowest BCUT2D eigenvalue weighted by Gasteiger charge is -2.22. The largest absolute Gasteiger partial charge is 0.481 e. The van der Waals surface area contributed by atoms with Crippen LogP contribution >= 0.6 is 0 Å². The topological polar surface area (TPSA) is 72.2 Å². The minimum atomic E-state index is -0.958. The van der Waals surface area contributed by atoms with Crippen LogP contribution in [0.5, 0.6) is 0 Å².